The summed E-state index contributed by atoms with van der Waals surface area (Å²) in [6, 6.07) is 5.11. The van der Waals surface area contributed by atoms with Crippen LogP contribution in [0.4, 0.5) is 4.39 Å². The molecule has 0 aliphatic heterocycles. The molecule has 20 heavy (non-hydrogen) atoms. The summed E-state index contributed by atoms with van der Waals surface area (Å²) in [5, 5.41) is 3.57. The third-order valence-corrected chi connectivity index (χ3v) is 4.46. The van der Waals surface area contributed by atoms with Gasteiger partial charge in [0.15, 0.2) is 0 Å². The molecular weight excluding hydrogens is 317 g/mol. The van der Waals surface area contributed by atoms with E-state index in [1.165, 1.54) is 37.8 Å². The Hall–Kier alpha value is -0.410. The van der Waals surface area contributed by atoms with E-state index in [4.69, 9.17) is 0 Å². The molecule has 1 aromatic carbocycles. The smallest absolute Gasteiger partial charge is 0.124 e. The number of benzene rings is 1. The maximum atomic E-state index is 13.1. The van der Waals surface area contributed by atoms with E-state index >= 15 is 0 Å². The predicted octanol–water partition coefficient (Wildman–Crippen LogP) is 5.85. The van der Waals surface area contributed by atoms with Crippen molar-refractivity contribution in [2.75, 3.05) is 6.54 Å². The van der Waals surface area contributed by atoms with Crippen molar-refractivity contribution in [3.63, 3.8) is 0 Å². The molecule has 1 nitrogen and oxygen atoms in total. The summed E-state index contributed by atoms with van der Waals surface area (Å²) in [6.45, 7) is 9.95. The number of hydrogen-bond donors (Lipinski definition) is 1. The van der Waals surface area contributed by atoms with Gasteiger partial charge in [-0.05, 0) is 36.5 Å². The number of halogens is 2. The Kier molecular flexibility index (Phi) is 7.18. The largest absolute Gasteiger partial charge is 0.310 e. The lowest BCUT2D eigenvalue weighted by Crippen LogP contribution is -2.31. The van der Waals surface area contributed by atoms with Crippen molar-refractivity contribution in [1.29, 1.82) is 0 Å². The van der Waals surface area contributed by atoms with E-state index in [0.29, 0.717) is 5.41 Å². The summed E-state index contributed by atoms with van der Waals surface area (Å²) in [5.74, 6) is -0.201. The molecule has 1 atom stereocenters. The van der Waals surface area contributed by atoms with Crippen LogP contribution in [0.1, 0.15) is 65.0 Å². The Labute approximate surface area is 131 Å². The van der Waals surface area contributed by atoms with E-state index in [-0.39, 0.29) is 11.9 Å². The first kappa shape index (κ1) is 17.6. The zero-order chi connectivity index (χ0) is 15.2. The Balaban J connectivity index is 2.51. The Morgan fingerprint density at radius 2 is 2.00 bits per heavy atom. The van der Waals surface area contributed by atoms with Crippen molar-refractivity contribution in [1.82, 2.24) is 5.32 Å². The third-order valence-electron chi connectivity index (χ3n) is 3.77. The minimum absolute atomic E-state index is 0.201. The fraction of sp³-hybridized carbons (Fsp3) is 0.647. The van der Waals surface area contributed by atoms with Crippen molar-refractivity contribution in [2.45, 2.75) is 59.4 Å². The van der Waals surface area contributed by atoms with Gasteiger partial charge < -0.3 is 5.32 Å². The minimum Gasteiger partial charge on any atom is -0.310 e. The molecule has 1 aromatic rings. The van der Waals surface area contributed by atoms with Crippen LogP contribution in [-0.2, 0) is 0 Å². The molecule has 0 saturated heterocycles. The molecule has 0 saturated carbocycles. The van der Waals surface area contributed by atoms with Crippen LogP contribution in [0.3, 0.4) is 0 Å². The van der Waals surface area contributed by atoms with E-state index in [1.54, 1.807) is 0 Å². The van der Waals surface area contributed by atoms with Crippen molar-refractivity contribution in [2.24, 2.45) is 5.41 Å². The zero-order valence-electron chi connectivity index (χ0n) is 13.1. The zero-order valence-corrected chi connectivity index (χ0v) is 14.7. The van der Waals surface area contributed by atoms with Crippen LogP contribution in [0.25, 0.3) is 0 Å². The highest BCUT2D eigenvalue weighted by Crippen LogP contribution is 2.27. The second-order valence-electron chi connectivity index (χ2n) is 6.39. The second-order valence-corrected chi connectivity index (χ2v) is 7.24. The summed E-state index contributed by atoms with van der Waals surface area (Å²) in [4.78, 5) is 0. The summed E-state index contributed by atoms with van der Waals surface area (Å²) < 4.78 is 13.9. The van der Waals surface area contributed by atoms with E-state index in [0.717, 1.165) is 16.6 Å². The average Bonchev–Trinajstić information content (AvgIpc) is 2.36. The number of rotatable bonds is 8. The van der Waals surface area contributed by atoms with Crippen LogP contribution in [0, 0.1) is 11.2 Å². The molecule has 1 unspecified atom stereocenters. The van der Waals surface area contributed by atoms with E-state index in [1.807, 2.05) is 6.07 Å². The molecule has 0 bridgehead atoms. The predicted molar refractivity (Wildman–Crippen MR) is 88.4 cm³/mol. The van der Waals surface area contributed by atoms with Gasteiger partial charge in [0.2, 0.25) is 0 Å². The third kappa shape index (κ3) is 5.92. The monoisotopic (exact) mass is 343 g/mol. The summed E-state index contributed by atoms with van der Waals surface area (Å²) in [6.07, 6.45) is 5.11. The van der Waals surface area contributed by atoms with Crippen LogP contribution in [0.15, 0.2) is 22.7 Å². The number of hydrogen-bond acceptors (Lipinski definition) is 1. The standard InChI is InChI=1S/C17H27BrFN/c1-5-6-7-10-17(3,4)12-20-13(2)15-9-8-14(19)11-16(15)18/h8-9,11,13,20H,5-7,10,12H2,1-4H3. The lowest BCUT2D eigenvalue weighted by molar-refractivity contribution is 0.290. The van der Waals surface area contributed by atoms with Crippen LogP contribution in [0.5, 0.6) is 0 Å². The van der Waals surface area contributed by atoms with Crippen LogP contribution in [0.2, 0.25) is 0 Å². The van der Waals surface area contributed by atoms with Crippen LogP contribution >= 0.6 is 15.9 Å². The highest BCUT2D eigenvalue weighted by molar-refractivity contribution is 9.10. The van der Waals surface area contributed by atoms with Gasteiger partial charge in [0.1, 0.15) is 5.82 Å². The van der Waals surface area contributed by atoms with Gasteiger partial charge in [-0.15, -0.1) is 0 Å². The molecule has 0 fully saturated rings. The van der Waals surface area contributed by atoms with E-state index in [2.05, 4.69) is 48.9 Å². The lowest BCUT2D eigenvalue weighted by Gasteiger charge is -2.27. The quantitative estimate of drug-likeness (QED) is 0.584. The fourth-order valence-electron chi connectivity index (χ4n) is 2.33. The number of unbranched alkanes of at least 4 members (excludes halogenated alkanes) is 2. The van der Waals surface area contributed by atoms with Gasteiger partial charge in [0.25, 0.3) is 0 Å². The first-order chi connectivity index (χ1) is 9.35. The molecule has 0 amide bonds. The van der Waals surface area contributed by atoms with Gasteiger partial charge in [-0.3, -0.25) is 0 Å². The Bertz CT molecular complexity index is 417. The normalized spacial score (nSPS) is 13.5. The maximum absolute atomic E-state index is 13.1. The van der Waals surface area contributed by atoms with E-state index in [9.17, 15) is 4.39 Å². The SMILES string of the molecule is CCCCCC(C)(C)CNC(C)c1ccc(F)cc1Br. The van der Waals surface area contributed by atoms with Gasteiger partial charge in [-0.1, -0.05) is 62.0 Å². The molecular formula is C17H27BrFN. The topological polar surface area (TPSA) is 12.0 Å². The van der Waals surface area contributed by atoms with Gasteiger partial charge >= 0.3 is 0 Å². The first-order valence-electron chi connectivity index (χ1n) is 7.54. The fourth-order valence-corrected chi connectivity index (χ4v) is 3.03. The van der Waals surface area contributed by atoms with Gasteiger partial charge in [-0.2, -0.15) is 0 Å². The molecule has 3 heteroatoms. The summed E-state index contributed by atoms with van der Waals surface area (Å²) in [5.41, 5.74) is 1.41. The molecule has 1 rings (SSSR count). The molecule has 0 aromatic heterocycles. The molecule has 114 valence electrons. The first-order valence-corrected chi connectivity index (χ1v) is 8.33. The van der Waals surface area contributed by atoms with Crippen molar-refractivity contribution >= 4 is 15.9 Å². The number of nitrogens with one attached hydrogen (secondary N) is 1. The minimum atomic E-state index is -0.201. The molecule has 1 N–H and O–H groups in total. The highest BCUT2D eigenvalue weighted by atomic mass is 79.9. The molecule has 0 spiro atoms. The van der Waals surface area contributed by atoms with Crippen molar-refractivity contribution in [3.05, 3.63) is 34.1 Å². The Morgan fingerprint density at radius 3 is 2.60 bits per heavy atom. The van der Waals surface area contributed by atoms with Crippen molar-refractivity contribution < 1.29 is 4.39 Å². The van der Waals surface area contributed by atoms with Gasteiger partial charge in [-0.25, -0.2) is 4.39 Å². The summed E-state index contributed by atoms with van der Waals surface area (Å²) >= 11 is 3.44. The Morgan fingerprint density at radius 1 is 1.30 bits per heavy atom. The molecule has 0 aliphatic carbocycles. The van der Waals surface area contributed by atoms with Crippen molar-refractivity contribution in [3.8, 4) is 0 Å². The van der Waals surface area contributed by atoms with Gasteiger partial charge in [0, 0.05) is 17.1 Å². The lowest BCUT2D eigenvalue weighted by atomic mass is 9.86. The summed E-state index contributed by atoms with van der Waals surface area (Å²) in [7, 11) is 0. The molecule has 0 heterocycles. The van der Waals surface area contributed by atoms with Crippen LogP contribution < -0.4 is 5.32 Å². The van der Waals surface area contributed by atoms with E-state index < -0.39 is 0 Å². The molecule has 0 aliphatic rings. The van der Waals surface area contributed by atoms with Gasteiger partial charge in [0.05, 0.1) is 0 Å². The maximum Gasteiger partial charge on any atom is 0.124 e. The second kappa shape index (κ2) is 8.14. The average molecular weight is 344 g/mol. The molecule has 0 radical (unpaired) electrons. The highest BCUT2D eigenvalue weighted by Gasteiger charge is 2.19. The van der Waals surface area contributed by atoms with Crippen LogP contribution in [-0.4, -0.2) is 6.54 Å².